The Morgan fingerprint density at radius 3 is 2.64 bits per heavy atom. The minimum Gasteiger partial charge on any atom is -0.393 e. The molecule has 0 radical (unpaired) electrons. The molecule has 0 saturated carbocycles. The van der Waals surface area contributed by atoms with Crippen molar-refractivity contribution in [3.63, 3.8) is 0 Å². The molecule has 0 spiro atoms. The summed E-state index contributed by atoms with van der Waals surface area (Å²) in [4.78, 5) is 16.9. The lowest BCUT2D eigenvalue weighted by atomic mass is 9.96. The number of rotatable bonds is 5. The van der Waals surface area contributed by atoms with Gasteiger partial charge in [0.25, 0.3) is 0 Å². The number of aliphatic hydroxyl groups excluding tert-OH is 1. The summed E-state index contributed by atoms with van der Waals surface area (Å²) in [6.07, 6.45) is 1.39. The third-order valence-corrected chi connectivity index (χ3v) is 5.14. The average Bonchev–Trinajstić information content (AvgIpc) is 2.64. The van der Waals surface area contributed by atoms with Gasteiger partial charge in [0.2, 0.25) is 5.91 Å². The molecule has 138 valence electrons. The first-order valence-corrected chi connectivity index (χ1v) is 9.20. The fraction of sp³-hybridized carbons (Fsp3) is 0.632. The van der Waals surface area contributed by atoms with Crippen LogP contribution in [0.2, 0.25) is 0 Å². The molecule has 0 aliphatic carbocycles. The zero-order chi connectivity index (χ0) is 17.6. The van der Waals surface area contributed by atoms with Gasteiger partial charge in [0.15, 0.2) is 0 Å². The molecular weight excluding hydrogens is 318 g/mol. The maximum Gasteiger partial charge on any atom is 0.237 e. The fourth-order valence-corrected chi connectivity index (χ4v) is 3.82. The zero-order valence-corrected chi connectivity index (χ0v) is 14.9. The minimum absolute atomic E-state index is 0.0489. The molecule has 25 heavy (non-hydrogen) atoms. The van der Waals surface area contributed by atoms with E-state index in [1.807, 2.05) is 23.1 Å². The van der Waals surface area contributed by atoms with Crippen molar-refractivity contribution in [2.45, 2.75) is 31.1 Å². The van der Waals surface area contributed by atoms with E-state index in [-0.39, 0.29) is 24.2 Å². The summed E-state index contributed by atoms with van der Waals surface area (Å²) in [6, 6.07) is 10.1. The quantitative estimate of drug-likeness (QED) is 0.818. The van der Waals surface area contributed by atoms with Crippen LogP contribution in [0.1, 0.15) is 24.4 Å². The average molecular weight is 347 g/mol. The summed E-state index contributed by atoms with van der Waals surface area (Å²) in [5.41, 5.74) is 1.12. The molecule has 6 heteroatoms. The van der Waals surface area contributed by atoms with Crippen LogP contribution < -0.4 is 5.32 Å². The molecule has 2 saturated heterocycles. The normalized spacial score (nSPS) is 25.9. The number of amides is 1. The standard InChI is InChI=1S/C19H29N3O3/c1-20-13-18(24)22-11-12-25-17(14-21-9-7-16(23)8-10-21)19(22)15-5-3-2-4-6-15/h2-6,16-17,19-20,23H,7-14H2,1H3/t17-,19-/m0/s1. The Morgan fingerprint density at radius 1 is 1.24 bits per heavy atom. The highest BCUT2D eigenvalue weighted by Gasteiger charge is 2.37. The highest BCUT2D eigenvalue weighted by molar-refractivity contribution is 5.79. The van der Waals surface area contributed by atoms with Crippen molar-refractivity contribution < 1.29 is 14.6 Å². The second-order valence-electron chi connectivity index (χ2n) is 6.91. The number of hydrogen-bond donors (Lipinski definition) is 2. The van der Waals surface area contributed by atoms with Gasteiger partial charge in [-0.15, -0.1) is 0 Å². The monoisotopic (exact) mass is 347 g/mol. The van der Waals surface area contributed by atoms with Gasteiger partial charge in [-0.1, -0.05) is 30.3 Å². The van der Waals surface area contributed by atoms with Crippen LogP contribution >= 0.6 is 0 Å². The Morgan fingerprint density at radius 2 is 1.96 bits per heavy atom. The van der Waals surface area contributed by atoms with E-state index in [0.717, 1.165) is 38.0 Å². The van der Waals surface area contributed by atoms with Crippen LogP contribution in [0.3, 0.4) is 0 Å². The van der Waals surface area contributed by atoms with E-state index in [2.05, 4.69) is 22.3 Å². The largest absolute Gasteiger partial charge is 0.393 e. The number of carbonyl (C=O) groups is 1. The van der Waals surface area contributed by atoms with Gasteiger partial charge in [0.1, 0.15) is 0 Å². The third kappa shape index (κ3) is 4.58. The van der Waals surface area contributed by atoms with E-state index in [9.17, 15) is 9.90 Å². The number of nitrogens with zero attached hydrogens (tertiary/aromatic N) is 2. The van der Waals surface area contributed by atoms with E-state index in [0.29, 0.717) is 19.7 Å². The molecule has 2 aliphatic rings. The first-order valence-electron chi connectivity index (χ1n) is 9.20. The Balaban J connectivity index is 1.78. The number of piperidine rings is 1. The van der Waals surface area contributed by atoms with Gasteiger partial charge in [-0.3, -0.25) is 4.79 Å². The number of aliphatic hydroxyl groups is 1. The number of hydrogen-bond acceptors (Lipinski definition) is 5. The number of nitrogens with one attached hydrogen (secondary N) is 1. The SMILES string of the molecule is CNCC(=O)N1CCO[C@@H](CN2CCC(O)CC2)[C@@H]1c1ccccc1. The molecule has 0 unspecified atom stereocenters. The molecular formula is C19H29N3O3. The van der Waals surface area contributed by atoms with E-state index >= 15 is 0 Å². The van der Waals surface area contributed by atoms with Gasteiger partial charge < -0.3 is 25.0 Å². The second kappa shape index (κ2) is 8.76. The summed E-state index contributed by atoms with van der Waals surface area (Å²) in [7, 11) is 1.80. The smallest absolute Gasteiger partial charge is 0.237 e. The van der Waals surface area contributed by atoms with Crippen LogP contribution in [-0.2, 0) is 9.53 Å². The van der Waals surface area contributed by atoms with E-state index in [4.69, 9.17) is 4.74 Å². The molecule has 1 aromatic rings. The molecule has 2 fully saturated rings. The summed E-state index contributed by atoms with van der Waals surface area (Å²) in [6.45, 7) is 4.08. The van der Waals surface area contributed by atoms with E-state index in [1.54, 1.807) is 7.05 Å². The molecule has 2 heterocycles. The highest BCUT2D eigenvalue weighted by Crippen LogP contribution is 2.30. The third-order valence-electron chi connectivity index (χ3n) is 5.14. The van der Waals surface area contributed by atoms with E-state index < -0.39 is 0 Å². The topological polar surface area (TPSA) is 65.0 Å². The van der Waals surface area contributed by atoms with Crippen molar-refractivity contribution in [2.24, 2.45) is 0 Å². The van der Waals surface area contributed by atoms with Crippen LogP contribution in [0.15, 0.2) is 30.3 Å². The molecule has 2 N–H and O–H groups in total. The van der Waals surface area contributed by atoms with Crippen LogP contribution in [-0.4, -0.2) is 79.4 Å². The summed E-state index contributed by atoms with van der Waals surface area (Å²) >= 11 is 0. The summed E-state index contributed by atoms with van der Waals surface area (Å²) in [5, 5.41) is 12.7. The number of ether oxygens (including phenoxy) is 1. The van der Waals surface area contributed by atoms with Gasteiger partial charge in [0.05, 0.1) is 31.4 Å². The first kappa shape index (κ1) is 18.3. The lowest BCUT2D eigenvalue weighted by Gasteiger charge is -2.44. The van der Waals surface area contributed by atoms with Crippen molar-refractivity contribution in [1.82, 2.24) is 15.1 Å². The molecule has 2 aliphatic heterocycles. The molecule has 3 rings (SSSR count). The van der Waals surface area contributed by atoms with Gasteiger partial charge in [-0.05, 0) is 25.5 Å². The van der Waals surface area contributed by atoms with E-state index in [1.165, 1.54) is 0 Å². The Bertz CT molecular complexity index is 546. The van der Waals surface area contributed by atoms with Gasteiger partial charge >= 0.3 is 0 Å². The number of carbonyl (C=O) groups excluding carboxylic acids is 1. The van der Waals surface area contributed by atoms with Crippen molar-refractivity contribution >= 4 is 5.91 Å². The molecule has 6 nitrogen and oxygen atoms in total. The number of benzene rings is 1. The Labute approximate surface area is 149 Å². The molecule has 1 amide bonds. The number of likely N-dealkylation sites (N-methyl/N-ethyl adjacent to an activating group) is 1. The minimum atomic E-state index is -0.179. The Hall–Kier alpha value is -1.47. The van der Waals surface area contributed by atoms with Gasteiger partial charge in [0, 0.05) is 26.2 Å². The maximum absolute atomic E-state index is 12.6. The second-order valence-corrected chi connectivity index (χ2v) is 6.91. The van der Waals surface area contributed by atoms with Crippen LogP contribution in [0.4, 0.5) is 0 Å². The molecule has 0 aromatic heterocycles. The predicted molar refractivity (Wildman–Crippen MR) is 96.2 cm³/mol. The lowest BCUT2D eigenvalue weighted by molar-refractivity contribution is -0.147. The molecule has 0 bridgehead atoms. The zero-order valence-electron chi connectivity index (χ0n) is 14.9. The molecule has 1 aromatic carbocycles. The number of morpholine rings is 1. The van der Waals surface area contributed by atoms with Crippen molar-refractivity contribution in [1.29, 1.82) is 0 Å². The summed E-state index contributed by atoms with van der Waals surface area (Å²) < 4.78 is 6.11. The van der Waals surface area contributed by atoms with Gasteiger partial charge in [-0.2, -0.15) is 0 Å². The van der Waals surface area contributed by atoms with Crippen LogP contribution in [0.5, 0.6) is 0 Å². The maximum atomic E-state index is 12.6. The number of likely N-dealkylation sites (tertiary alicyclic amines) is 1. The highest BCUT2D eigenvalue weighted by atomic mass is 16.5. The van der Waals surface area contributed by atoms with Crippen LogP contribution in [0, 0.1) is 0 Å². The van der Waals surface area contributed by atoms with Crippen molar-refractivity contribution in [3.05, 3.63) is 35.9 Å². The fourth-order valence-electron chi connectivity index (χ4n) is 3.82. The lowest BCUT2D eigenvalue weighted by Crippen LogP contribution is -2.54. The Kier molecular flexibility index (Phi) is 6.42. The van der Waals surface area contributed by atoms with Crippen molar-refractivity contribution in [3.8, 4) is 0 Å². The van der Waals surface area contributed by atoms with Crippen molar-refractivity contribution in [2.75, 3.05) is 46.4 Å². The predicted octanol–water partition coefficient (Wildman–Crippen LogP) is 0.631. The molecule has 2 atom stereocenters. The first-order chi connectivity index (χ1) is 12.2. The van der Waals surface area contributed by atoms with Gasteiger partial charge in [-0.25, -0.2) is 0 Å². The van der Waals surface area contributed by atoms with Crippen LogP contribution in [0.25, 0.3) is 0 Å². The summed E-state index contributed by atoms with van der Waals surface area (Å²) in [5.74, 6) is 0.110.